The first-order valence-corrected chi connectivity index (χ1v) is 8.68. The third-order valence-electron chi connectivity index (χ3n) is 5.27. The van der Waals surface area contributed by atoms with Crippen molar-refractivity contribution in [2.75, 3.05) is 26.7 Å². The second-order valence-corrected chi connectivity index (χ2v) is 6.80. The molecule has 1 amide bonds. The highest BCUT2D eigenvalue weighted by atomic mass is 16.2. The fourth-order valence-electron chi connectivity index (χ4n) is 3.91. The van der Waals surface area contributed by atoms with E-state index in [0.29, 0.717) is 18.5 Å². The van der Waals surface area contributed by atoms with Crippen LogP contribution in [0.5, 0.6) is 0 Å². The van der Waals surface area contributed by atoms with Crippen LogP contribution in [0.2, 0.25) is 0 Å². The first-order chi connectivity index (χ1) is 11.1. The topological polar surface area (TPSA) is 72.2 Å². The standard InChI is InChI=1S/C16H27N5O2/c1-17-14(22)11-20-9-7-12(8-10-20)15-18-19(2)16(23)21(15)13-5-3-4-6-13/h12-13H,3-11H2,1-2H3,(H,17,22). The largest absolute Gasteiger partial charge is 0.358 e. The normalized spacial score (nSPS) is 21.0. The minimum atomic E-state index is 0.0275. The molecule has 2 aliphatic rings. The number of carbonyl (C=O) groups excluding carboxylic acids is 1. The highest BCUT2D eigenvalue weighted by Gasteiger charge is 2.30. The highest BCUT2D eigenvalue weighted by molar-refractivity contribution is 5.77. The van der Waals surface area contributed by atoms with E-state index in [0.717, 1.165) is 44.6 Å². The molecule has 2 heterocycles. The van der Waals surface area contributed by atoms with Gasteiger partial charge in [0.2, 0.25) is 5.91 Å². The lowest BCUT2D eigenvalue weighted by Crippen LogP contribution is -2.40. The molecule has 7 nitrogen and oxygen atoms in total. The number of rotatable bonds is 4. The number of aryl methyl sites for hydroxylation is 1. The zero-order valence-corrected chi connectivity index (χ0v) is 14.1. The summed E-state index contributed by atoms with van der Waals surface area (Å²) in [6.07, 6.45) is 6.51. The van der Waals surface area contributed by atoms with Crippen molar-refractivity contribution in [3.8, 4) is 0 Å². The number of likely N-dealkylation sites (tertiary alicyclic amines) is 1. The Kier molecular flexibility index (Phi) is 4.84. The third kappa shape index (κ3) is 3.34. The van der Waals surface area contributed by atoms with E-state index in [1.54, 1.807) is 14.1 Å². The molecular weight excluding hydrogens is 294 g/mol. The fourth-order valence-corrected chi connectivity index (χ4v) is 3.91. The fraction of sp³-hybridized carbons (Fsp3) is 0.812. The average molecular weight is 321 g/mol. The molecule has 1 N–H and O–H groups in total. The quantitative estimate of drug-likeness (QED) is 0.882. The van der Waals surface area contributed by atoms with Crippen molar-refractivity contribution in [1.29, 1.82) is 0 Å². The lowest BCUT2D eigenvalue weighted by molar-refractivity contribution is -0.122. The van der Waals surface area contributed by atoms with Gasteiger partial charge in [0.15, 0.2) is 0 Å². The molecule has 1 aromatic rings. The van der Waals surface area contributed by atoms with Gasteiger partial charge < -0.3 is 5.32 Å². The number of nitrogens with one attached hydrogen (secondary N) is 1. The first-order valence-electron chi connectivity index (χ1n) is 8.68. The van der Waals surface area contributed by atoms with Crippen molar-refractivity contribution < 1.29 is 4.79 Å². The molecule has 7 heteroatoms. The van der Waals surface area contributed by atoms with Crippen LogP contribution in [0.4, 0.5) is 0 Å². The summed E-state index contributed by atoms with van der Waals surface area (Å²) < 4.78 is 3.45. The van der Waals surface area contributed by atoms with Gasteiger partial charge in [0.05, 0.1) is 6.54 Å². The van der Waals surface area contributed by atoms with Gasteiger partial charge in [0, 0.05) is 26.1 Å². The Morgan fingerprint density at radius 1 is 1.22 bits per heavy atom. The Bertz CT molecular complexity index is 606. The van der Waals surface area contributed by atoms with Crippen molar-refractivity contribution >= 4 is 5.91 Å². The van der Waals surface area contributed by atoms with E-state index in [-0.39, 0.29) is 11.6 Å². The van der Waals surface area contributed by atoms with Crippen LogP contribution < -0.4 is 11.0 Å². The molecule has 3 rings (SSSR count). The van der Waals surface area contributed by atoms with Gasteiger partial charge in [-0.15, -0.1) is 0 Å². The lowest BCUT2D eigenvalue weighted by Gasteiger charge is -2.31. The Labute approximate surface area is 136 Å². The van der Waals surface area contributed by atoms with E-state index in [4.69, 9.17) is 0 Å². The summed E-state index contributed by atoms with van der Waals surface area (Å²) in [7, 11) is 3.42. The summed E-state index contributed by atoms with van der Waals surface area (Å²) in [5.74, 6) is 1.35. The zero-order chi connectivity index (χ0) is 16.4. The Balaban J connectivity index is 1.72. The van der Waals surface area contributed by atoms with E-state index in [1.807, 2.05) is 4.57 Å². The van der Waals surface area contributed by atoms with Crippen LogP contribution in [0, 0.1) is 0 Å². The maximum absolute atomic E-state index is 12.5. The van der Waals surface area contributed by atoms with Gasteiger partial charge >= 0.3 is 5.69 Å². The molecule has 23 heavy (non-hydrogen) atoms. The number of hydrogen-bond donors (Lipinski definition) is 1. The molecule has 1 saturated carbocycles. The van der Waals surface area contributed by atoms with Gasteiger partial charge in [0.25, 0.3) is 0 Å². The minimum absolute atomic E-state index is 0.0275. The summed E-state index contributed by atoms with van der Waals surface area (Å²) in [5, 5.41) is 7.22. The van der Waals surface area contributed by atoms with Crippen LogP contribution in [-0.2, 0) is 11.8 Å². The third-order valence-corrected chi connectivity index (χ3v) is 5.27. The molecule has 1 aromatic heterocycles. The lowest BCUT2D eigenvalue weighted by atomic mass is 9.95. The minimum Gasteiger partial charge on any atom is -0.358 e. The van der Waals surface area contributed by atoms with Crippen LogP contribution in [0.15, 0.2) is 4.79 Å². The summed E-state index contributed by atoms with van der Waals surface area (Å²) >= 11 is 0. The van der Waals surface area contributed by atoms with Gasteiger partial charge in [-0.3, -0.25) is 14.3 Å². The molecule has 1 saturated heterocycles. The number of aromatic nitrogens is 3. The average Bonchev–Trinajstić information content (AvgIpc) is 3.17. The monoisotopic (exact) mass is 321 g/mol. The van der Waals surface area contributed by atoms with Gasteiger partial charge in [-0.1, -0.05) is 12.8 Å². The number of hydrogen-bond acceptors (Lipinski definition) is 4. The van der Waals surface area contributed by atoms with Crippen molar-refractivity contribution in [1.82, 2.24) is 24.6 Å². The van der Waals surface area contributed by atoms with E-state index in [2.05, 4.69) is 15.3 Å². The molecule has 2 fully saturated rings. The van der Waals surface area contributed by atoms with Crippen LogP contribution in [0.25, 0.3) is 0 Å². The Morgan fingerprint density at radius 2 is 1.87 bits per heavy atom. The smallest absolute Gasteiger partial charge is 0.345 e. The molecule has 0 bridgehead atoms. The molecule has 0 atom stereocenters. The molecular formula is C16H27N5O2. The van der Waals surface area contributed by atoms with Crippen molar-refractivity contribution in [2.45, 2.75) is 50.5 Å². The maximum Gasteiger partial charge on any atom is 0.345 e. The number of nitrogens with zero attached hydrogens (tertiary/aromatic N) is 4. The van der Waals surface area contributed by atoms with E-state index >= 15 is 0 Å². The second-order valence-electron chi connectivity index (χ2n) is 6.80. The van der Waals surface area contributed by atoms with Gasteiger partial charge in [-0.25, -0.2) is 9.48 Å². The van der Waals surface area contributed by atoms with E-state index < -0.39 is 0 Å². The Hall–Kier alpha value is -1.63. The summed E-state index contributed by atoms with van der Waals surface area (Å²) in [4.78, 5) is 26.1. The van der Waals surface area contributed by atoms with Crippen molar-refractivity contribution in [2.24, 2.45) is 7.05 Å². The predicted octanol–water partition coefficient (Wildman–Crippen LogP) is 0.622. The van der Waals surface area contributed by atoms with Crippen LogP contribution >= 0.6 is 0 Å². The number of likely N-dealkylation sites (N-methyl/N-ethyl adjacent to an activating group) is 1. The molecule has 1 aliphatic carbocycles. The van der Waals surface area contributed by atoms with Crippen molar-refractivity contribution in [3.05, 3.63) is 16.3 Å². The number of amides is 1. The number of carbonyl (C=O) groups is 1. The number of piperidine rings is 1. The van der Waals surface area contributed by atoms with Crippen LogP contribution in [-0.4, -0.2) is 51.8 Å². The Morgan fingerprint density at radius 3 is 2.48 bits per heavy atom. The molecule has 0 unspecified atom stereocenters. The molecule has 0 spiro atoms. The van der Waals surface area contributed by atoms with Gasteiger partial charge in [0.1, 0.15) is 5.82 Å². The summed E-state index contributed by atoms with van der Waals surface area (Å²) in [6, 6.07) is 0.329. The first kappa shape index (κ1) is 16.2. The summed E-state index contributed by atoms with van der Waals surface area (Å²) in [5.41, 5.74) is 0.0275. The van der Waals surface area contributed by atoms with E-state index in [9.17, 15) is 9.59 Å². The van der Waals surface area contributed by atoms with Gasteiger partial charge in [-0.2, -0.15) is 5.10 Å². The SMILES string of the molecule is CNC(=O)CN1CCC(c2nn(C)c(=O)n2C2CCCC2)CC1. The molecule has 1 aliphatic heterocycles. The maximum atomic E-state index is 12.5. The highest BCUT2D eigenvalue weighted by Crippen LogP contribution is 2.33. The van der Waals surface area contributed by atoms with Gasteiger partial charge in [-0.05, 0) is 38.8 Å². The molecule has 0 radical (unpaired) electrons. The molecule has 0 aromatic carbocycles. The summed E-state index contributed by atoms with van der Waals surface area (Å²) in [6.45, 7) is 2.22. The second kappa shape index (κ2) is 6.86. The van der Waals surface area contributed by atoms with Crippen molar-refractivity contribution in [3.63, 3.8) is 0 Å². The zero-order valence-electron chi connectivity index (χ0n) is 14.1. The van der Waals surface area contributed by atoms with Crippen LogP contribution in [0.1, 0.15) is 56.3 Å². The van der Waals surface area contributed by atoms with Crippen LogP contribution in [0.3, 0.4) is 0 Å². The molecule has 128 valence electrons. The van der Waals surface area contributed by atoms with E-state index in [1.165, 1.54) is 17.5 Å². The predicted molar refractivity (Wildman–Crippen MR) is 87.5 cm³/mol.